The second-order valence-electron chi connectivity index (χ2n) is 10.3. The van der Waals surface area contributed by atoms with Crippen LogP contribution in [0, 0.1) is 6.92 Å². The van der Waals surface area contributed by atoms with Gasteiger partial charge in [-0.3, -0.25) is 4.79 Å². The summed E-state index contributed by atoms with van der Waals surface area (Å²) in [5.74, 6) is 1.28. The minimum atomic E-state index is -4.48. The molecule has 3 aromatic rings. The third kappa shape index (κ3) is 15.5. The van der Waals surface area contributed by atoms with Crippen molar-refractivity contribution in [2.75, 3.05) is 7.11 Å². The standard InChI is InChI=1S/C20H21F3N2O3.C12H18.C4H10.2C2H6/c1-5-13(20(21,22)23)6-7-14-11(2)16(27-4)9-8-15(14)19-25-18(12(3)26)17(10-24)28-19;1-3-8-11(4-2)12-9-6-5-7-10-12;1-3-4-2;2*1-2/h5-9H,10,24H2,1-4H3;5-7,9-11H,3-4,8H2,1-2H3;3-4H2,1-2H3;2*1-2H3/b7-6-,13-5-;;;;. The summed E-state index contributed by atoms with van der Waals surface area (Å²) >= 11 is 0. The van der Waals surface area contributed by atoms with Crippen molar-refractivity contribution < 1.29 is 27.1 Å². The number of alkyl halides is 3. The van der Waals surface area contributed by atoms with Gasteiger partial charge in [-0.15, -0.1) is 0 Å². The average Bonchev–Trinajstić information content (AvgIpc) is 3.55. The highest BCUT2D eigenvalue weighted by atomic mass is 19.4. The number of allylic oxidation sites excluding steroid dienone is 3. The molecule has 0 amide bonds. The van der Waals surface area contributed by atoms with Crippen LogP contribution in [0.1, 0.15) is 140 Å². The van der Waals surface area contributed by atoms with Crippen molar-refractivity contribution in [3.8, 4) is 17.2 Å². The molecular weight excluding hydrogens is 613 g/mol. The molecule has 0 aliphatic rings. The fourth-order valence-corrected chi connectivity index (χ4v) is 4.42. The van der Waals surface area contributed by atoms with E-state index in [1.54, 1.807) is 19.1 Å². The number of ketones is 1. The van der Waals surface area contributed by atoms with Crippen LogP contribution in [0.5, 0.6) is 5.75 Å². The molecule has 3 rings (SSSR count). The number of hydrogen-bond donors (Lipinski definition) is 1. The van der Waals surface area contributed by atoms with Gasteiger partial charge in [0, 0.05) is 12.5 Å². The van der Waals surface area contributed by atoms with E-state index in [4.69, 9.17) is 14.9 Å². The van der Waals surface area contributed by atoms with E-state index in [0.717, 1.165) is 18.1 Å². The van der Waals surface area contributed by atoms with Gasteiger partial charge in [-0.2, -0.15) is 13.2 Å². The molecule has 0 bridgehead atoms. The molecule has 8 heteroatoms. The van der Waals surface area contributed by atoms with Crippen molar-refractivity contribution >= 4 is 11.9 Å². The van der Waals surface area contributed by atoms with E-state index in [1.165, 1.54) is 64.7 Å². The smallest absolute Gasteiger partial charge is 0.416 e. The van der Waals surface area contributed by atoms with Crippen LogP contribution in [0.25, 0.3) is 17.5 Å². The monoisotopic (exact) mass is 674 g/mol. The van der Waals surface area contributed by atoms with Crippen molar-refractivity contribution in [3.63, 3.8) is 0 Å². The largest absolute Gasteiger partial charge is 0.496 e. The lowest BCUT2D eigenvalue weighted by atomic mass is 9.92. The lowest BCUT2D eigenvalue weighted by molar-refractivity contribution is -0.0882. The van der Waals surface area contributed by atoms with E-state index in [-0.39, 0.29) is 29.7 Å². The van der Waals surface area contributed by atoms with Crippen LogP contribution in [-0.4, -0.2) is 24.1 Å². The van der Waals surface area contributed by atoms with E-state index in [2.05, 4.69) is 63.0 Å². The number of oxazole rings is 1. The predicted molar refractivity (Wildman–Crippen MR) is 198 cm³/mol. The molecular formula is C40H61F3N2O3. The van der Waals surface area contributed by atoms with Gasteiger partial charge in [0.05, 0.1) is 19.2 Å². The summed E-state index contributed by atoms with van der Waals surface area (Å²) in [5, 5.41) is 0. The van der Waals surface area contributed by atoms with Crippen LogP contribution in [0.4, 0.5) is 13.2 Å². The Morgan fingerprint density at radius 1 is 0.979 bits per heavy atom. The first-order valence-corrected chi connectivity index (χ1v) is 17.3. The molecule has 0 saturated carbocycles. The summed E-state index contributed by atoms with van der Waals surface area (Å²) in [4.78, 5) is 15.9. The SMILES string of the molecule is C/C=C(/C=C\c1c(-c2nc(C(C)=O)c(CN)o2)ccc(OC)c1C)C(F)(F)F.CC.CC.CCCC.CCCC(CC)c1ccccc1. The zero-order valence-corrected chi connectivity index (χ0v) is 31.5. The number of carbonyl (C=O) groups excluding carboxylic acids is 1. The molecule has 0 fully saturated rings. The molecule has 1 heterocycles. The number of hydrogen-bond acceptors (Lipinski definition) is 5. The topological polar surface area (TPSA) is 78.4 Å². The van der Waals surface area contributed by atoms with Crippen LogP contribution in [0.2, 0.25) is 0 Å². The molecule has 0 spiro atoms. The van der Waals surface area contributed by atoms with Gasteiger partial charge in [0.1, 0.15) is 17.2 Å². The Bertz CT molecular complexity index is 1340. The molecule has 1 aromatic heterocycles. The third-order valence-electron chi connectivity index (χ3n) is 7.10. The Hall–Kier alpha value is -3.65. The van der Waals surface area contributed by atoms with Gasteiger partial charge < -0.3 is 14.9 Å². The lowest BCUT2D eigenvalue weighted by Crippen LogP contribution is -2.09. The number of carbonyl (C=O) groups is 1. The maximum absolute atomic E-state index is 13.1. The average molecular weight is 675 g/mol. The Morgan fingerprint density at radius 2 is 1.56 bits per heavy atom. The number of halogens is 3. The molecule has 0 aliphatic heterocycles. The van der Waals surface area contributed by atoms with Crippen LogP contribution in [0.15, 0.2) is 64.6 Å². The predicted octanol–water partition coefficient (Wildman–Crippen LogP) is 12.7. The zero-order chi connectivity index (χ0) is 37.3. The number of benzene rings is 2. The maximum Gasteiger partial charge on any atom is 0.416 e. The van der Waals surface area contributed by atoms with Crippen molar-refractivity contribution in [1.29, 1.82) is 0 Å². The van der Waals surface area contributed by atoms with E-state index in [9.17, 15) is 18.0 Å². The fraction of sp³-hybridized carbons (Fsp3) is 0.500. The first kappa shape index (κ1) is 46.5. The molecule has 1 atom stereocenters. The van der Waals surface area contributed by atoms with Crippen LogP contribution in [0.3, 0.4) is 0 Å². The number of nitrogens with zero attached hydrogens (tertiary/aromatic N) is 1. The fourth-order valence-electron chi connectivity index (χ4n) is 4.42. The quantitative estimate of drug-likeness (QED) is 0.162. The van der Waals surface area contributed by atoms with E-state index in [1.807, 2.05) is 27.7 Å². The lowest BCUT2D eigenvalue weighted by Gasteiger charge is -2.13. The number of rotatable bonds is 11. The minimum Gasteiger partial charge on any atom is -0.496 e. The maximum atomic E-state index is 13.1. The van der Waals surface area contributed by atoms with Gasteiger partial charge in [0.25, 0.3) is 0 Å². The molecule has 5 nitrogen and oxygen atoms in total. The van der Waals surface area contributed by atoms with Gasteiger partial charge in [0.2, 0.25) is 5.89 Å². The first-order chi connectivity index (χ1) is 22.9. The number of Topliss-reactive ketones (excluding diaryl/α,β-unsaturated/α-hetero) is 1. The Labute approximate surface area is 288 Å². The molecule has 48 heavy (non-hydrogen) atoms. The van der Waals surface area contributed by atoms with Crippen molar-refractivity contribution in [2.45, 2.75) is 127 Å². The van der Waals surface area contributed by atoms with Crippen molar-refractivity contribution in [3.05, 3.63) is 88.3 Å². The number of unbranched alkanes of at least 4 members (excludes halogenated alkanes) is 1. The molecule has 0 aliphatic carbocycles. The minimum absolute atomic E-state index is 0.0288. The molecule has 2 aromatic carbocycles. The summed E-state index contributed by atoms with van der Waals surface area (Å²) in [6.07, 6.45) is 5.32. The number of ether oxygens (including phenoxy) is 1. The van der Waals surface area contributed by atoms with Crippen LogP contribution >= 0.6 is 0 Å². The molecule has 0 radical (unpaired) electrons. The third-order valence-corrected chi connectivity index (χ3v) is 7.10. The molecule has 1 unspecified atom stereocenters. The van der Waals surface area contributed by atoms with Crippen LogP contribution < -0.4 is 10.5 Å². The molecule has 0 saturated heterocycles. The van der Waals surface area contributed by atoms with E-state index >= 15 is 0 Å². The van der Waals surface area contributed by atoms with Crippen molar-refractivity contribution in [2.24, 2.45) is 5.73 Å². The summed E-state index contributed by atoms with van der Waals surface area (Å²) in [6, 6.07) is 14.1. The number of methoxy groups -OCH3 is 1. The highest BCUT2D eigenvalue weighted by molar-refractivity contribution is 5.93. The Balaban J connectivity index is 0. The summed E-state index contributed by atoms with van der Waals surface area (Å²) in [5.41, 5.74) is 7.88. The summed E-state index contributed by atoms with van der Waals surface area (Å²) in [6.45, 7) is 21.2. The highest BCUT2D eigenvalue weighted by Crippen LogP contribution is 2.35. The van der Waals surface area contributed by atoms with Gasteiger partial charge >= 0.3 is 6.18 Å². The second kappa shape index (κ2) is 26.3. The number of aromatic nitrogens is 1. The van der Waals surface area contributed by atoms with Gasteiger partial charge in [-0.25, -0.2) is 4.98 Å². The van der Waals surface area contributed by atoms with E-state index in [0.29, 0.717) is 22.4 Å². The normalized spacial score (nSPS) is 11.5. The first-order valence-electron chi connectivity index (χ1n) is 17.3. The van der Waals surface area contributed by atoms with Gasteiger partial charge in [-0.05, 0) is 67.5 Å². The summed E-state index contributed by atoms with van der Waals surface area (Å²) < 4.78 is 50.1. The van der Waals surface area contributed by atoms with E-state index < -0.39 is 11.7 Å². The second-order valence-corrected chi connectivity index (χ2v) is 10.3. The number of nitrogens with two attached hydrogens (primary N) is 1. The van der Waals surface area contributed by atoms with Gasteiger partial charge in [0.15, 0.2) is 5.78 Å². The Morgan fingerprint density at radius 3 is 1.96 bits per heavy atom. The highest BCUT2D eigenvalue weighted by Gasteiger charge is 2.31. The van der Waals surface area contributed by atoms with Crippen molar-refractivity contribution in [1.82, 2.24) is 4.98 Å². The molecule has 270 valence electrons. The summed E-state index contributed by atoms with van der Waals surface area (Å²) in [7, 11) is 1.47. The Kier molecular flexibility index (Phi) is 25.5. The van der Waals surface area contributed by atoms with Gasteiger partial charge in [-0.1, -0.05) is 117 Å². The zero-order valence-electron chi connectivity index (χ0n) is 31.5. The van der Waals surface area contributed by atoms with Crippen LogP contribution in [-0.2, 0) is 6.54 Å². The molecule has 2 N–H and O–H groups in total.